The van der Waals surface area contributed by atoms with E-state index in [1.165, 1.54) is 22.5 Å². The fraction of sp³-hybridized carbons (Fsp3) is 0.385. The number of aliphatic hydroxyl groups excluding tert-OH is 1. The molecule has 6 N–H and O–H groups in total. The molecule has 1 saturated heterocycles. The number of thiazole rings is 1. The van der Waals surface area contributed by atoms with Gasteiger partial charge in [-0.1, -0.05) is 45.0 Å². The molecule has 5 aromatic carbocycles. The van der Waals surface area contributed by atoms with Gasteiger partial charge in [-0.05, 0) is 133 Å². The quantitative estimate of drug-likeness (QED) is 0.0127. The smallest absolute Gasteiger partial charge is 0.271 e. The van der Waals surface area contributed by atoms with Crippen LogP contribution < -0.4 is 25.5 Å². The third-order valence-electron chi connectivity index (χ3n) is 14.0. The topological polar surface area (TPSA) is 267 Å². The number of likely N-dealkylation sites (tertiary alicyclic amines) is 1. The largest absolute Gasteiger partial charge is 0.508 e. The number of ether oxygens (including phenoxy) is 8. The van der Waals surface area contributed by atoms with Crippen LogP contribution in [0.1, 0.15) is 67.3 Å². The first-order valence-corrected chi connectivity index (χ1v) is 30.6. The number of hydrogen-bond donors (Lipinski definition) is 6. The Morgan fingerprint density at radius 3 is 1.88 bits per heavy atom. The molecular weight excluding hydrogens is 1170 g/mol. The standard InChI is InChI=1S/C65H76N6O15S2/c1-42(45-8-10-46(11-9-45)59-43(2)66-41-87-59)68-63(77)55-36-51(74)39-71(55)64(78)61(65(3,4)5)69-57(75)40-84-33-32-82-29-28-80-25-24-79-26-27-81-30-31-83-34-35-85-52-19-6-44(7-20-52)38-67-70-62(76)48-14-21-53(22-15-48)86-58-54-23-18-50(73)37-56(54)88-60(58)47-12-16-49(72)17-13-47/h6-23,37-38,41-42,51,55,61,72-74H,24-36,39-40H2,1-5H3,(H,68,77)(H,69,75)(H,70,76)/b67-38+/t42-,51+,55-,61+/m0/s1. The summed E-state index contributed by atoms with van der Waals surface area (Å²) in [5, 5.41) is 41.2. The molecule has 468 valence electrons. The van der Waals surface area contributed by atoms with Gasteiger partial charge in [0.25, 0.3) is 5.91 Å². The minimum atomic E-state index is -0.982. The number of hydrazone groups is 1. The number of β-amino-alcohol motifs (C(OH)–C–C–N with tert-alkyl or cyclic N) is 1. The molecule has 0 aliphatic carbocycles. The van der Waals surface area contributed by atoms with Gasteiger partial charge in [-0.15, -0.1) is 22.7 Å². The van der Waals surface area contributed by atoms with E-state index < -0.39 is 41.3 Å². The van der Waals surface area contributed by atoms with Crippen LogP contribution in [0, 0.1) is 12.3 Å². The molecule has 0 saturated carbocycles. The molecule has 88 heavy (non-hydrogen) atoms. The second kappa shape index (κ2) is 32.9. The van der Waals surface area contributed by atoms with Crippen molar-refractivity contribution in [2.45, 2.75) is 65.3 Å². The number of carbonyl (C=O) groups excluding carboxylic acids is 4. The first-order valence-electron chi connectivity index (χ1n) is 28.9. The van der Waals surface area contributed by atoms with Crippen molar-refractivity contribution in [3.8, 4) is 49.6 Å². The molecule has 1 aliphatic heterocycles. The van der Waals surface area contributed by atoms with Crippen molar-refractivity contribution in [1.82, 2.24) is 25.9 Å². The molecule has 7 aromatic rings. The Labute approximate surface area is 519 Å². The fourth-order valence-electron chi connectivity index (χ4n) is 9.34. The number of hydrogen-bond acceptors (Lipinski definition) is 19. The number of thiophene rings is 1. The predicted octanol–water partition coefficient (Wildman–Crippen LogP) is 8.82. The second-order valence-electron chi connectivity index (χ2n) is 21.7. The molecule has 3 heterocycles. The van der Waals surface area contributed by atoms with E-state index in [2.05, 4.69) is 26.1 Å². The zero-order chi connectivity index (χ0) is 62.4. The highest BCUT2D eigenvalue weighted by atomic mass is 32.1. The highest BCUT2D eigenvalue weighted by molar-refractivity contribution is 7.22. The Kier molecular flexibility index (Phi) is 24.8. The Morgan fingerprint density at radius 1 is 0.705 bits per heavy atom. The zero-order valence-electron chi connectivity index (χ0n) is 49.9. The van der Waals surface area contributed by atoms with Crippen LogP contribution in [0.3, 0.4) is 0 Å². The minimum absolute atomic E-state index is 0.0311. The van der Waals surface area contributed by atoms with E-state index in [9.17, 15) is 34.5 Å². The van der Waals surface area contributed by atoms with Gasteiger partial charge >= 0.3 is 0 Å². The van der Waals surface area contributed by atoms with Gasteiger partial charge < -0.3 is 68.7 Å². The number of aryl methyl sites for hydroxylation is 1. The summed E-state index contributed by atoms with van der Waals surface area (Å²) in [7, 11) is 0. The Hall–Kier alpha value is -7.84. The van der Waals surface area contributed by atoms with Gasteiger partial charge in [0.1, 0.15) is 48.3 Å². The van der Waals surface area contributed by atoms with E-state index in [1.54, 1.807) is 90.2 Å². The van der Waals surface area contributed by atoms with Gasteiger partial charge in [0, 0.05) is 28.6 Å². The lowest BCUT2D eigenvalue weighted by molar-refractivity contribution is -0.144. The lowest BCUT2D eigenvalue weighted by atomic mass is 9.85. The van der Waals surface area contributed by atoms with E-state index in [0.29, 0.717) is 88.9 Å². The van der Waals surface area contributed by atoms with Crippen molar-refractivity contribution in [3.05, 3.63) is 143 Å². The maximum absolute atomic E-state index is 14.0. The van der Waals surface area contributed by atoms with Crippen LogP contribution in [-0.2, 0) is 42.8 Å². The van der Waals surface area contributed by atoms with Gasteiger partial charge in [-0.3, -0.25) is 19.2 Å². The van der Waals surface area contributed by atoms with E-state index in [1.807, 2.05) is 76.5 Å². The molecule has 8 rings (SSSR count). The van der Waals surface area contributed by atoms with E-state index >= 15 is 0 Å². The summed E-state index contributed by atoms with van der Waals surface area (Å²) in [6.45, 7) is 13.1. The van der Waals surface area contributed by atoms with Gasteiger partial charge in [0.15, 0.2) is 5.75 Å². The number of rotatable bonds is 33. The number of carbonyl (C=O) groups is 4. The Balaban J connectivity index is 0.602. The molecule has 0 spiro atoms. The summed E-state index contributed by atoms with van der Waals surface area (Å²) in [5.41, 5.74) is 8.52. The lowest BCUT2D eigenvalue weighted by Crippen LogP contribution is -2.58. The monoisotopic (exact) mass is 1240 g/mol. The maximum Gasteiger partial charge on any atom is 0.271 e. The van der Waals surface area contributed by atoms with Gasteiger partial charge in [-0.25, -0.2) is 10.4 Å². The van der Waals surface area contributed by atoms with Crippen LogP contribution in [-0.4, -0.2) is 166 Å². The minimum Gasteiger partial charge on any atom is -0.508 e. The number of benzene rings is 5. The summed E-state index contributed by atoms with van der Waals surface area (Å²) in [5.74, 6) is 0.339. The van der Waals surface area contributed by atoms with Crippen LogP contribution in [0.2, 0.25) is 0 Å². The number of nitrogens with one attached hydrogen (secondary N) is 3. The Morgan fingerprint density at radius 2 is 1.27 bits per heavy atom. The van der Waals surface area contributed by atoms with Crippen LogP contribution in [0.5, 0.6) is 28.7 Å². The first kappa shape index (κ1) is 66.1. The number of aromatic nitrogens is 1. The number of aromatic hydroxyl groups is 2. The SMILES string of the molecule is Cc1ncsc1-c1ccc([C@H](C)NC(=O)[C@@H]2C[C@@H](O)CN2C(=O)[C@@H](NC(=O)COCCOCCOCCOCCOCCOCCOc2ccc(/C=N/NC(=O)c3ccc(Oc4c(-c5ccc(O)cc5)sc5cc(O)ccc45)cc3)cc2)C(C)(C)C)cc1. The Bertz CT molecular complexity index is 3390. The fourth-order valence-corrected chi connectivity index (χ4v) is 11.3. The molecule has 2 aromatic heterocycles. The van der Waals surface area contributed by atoms with Crippen molar-refractivity contribution < 1.29 is 72.4 Å². The number of nitrogens with zero attached hydrogens (tertiary/aromatic N) is 3. The van der Waals surface area contributed by atoms with E-state index in [4.69, 9.17) is 37.9 Å². The molecule has 4 atom stereocenters. The number of aliphatic hydroxyl groups is 1. The summed E-state index contributed by atoms with van der Waals surface area (Å²) in [6, 6.07) is 31.5. The van der Waals surface area contributed by atoms with Crippen LogP contribution >= 0.6 is 22.7 Å². The predicted molar refractivity (Wildman–Crippen MR) is 335 cm³/mol. The molecular formula is C65H76N6O15S2. The van der Waals surface area contributed by atoms with Gasteiger partial charge in [0.05, 0.1) is 112 Å². The van der Waals surface area contributed by atoms with E-state index in [0.717, 1.165) is 47.8 Å². The molecule has 21 nitrogen and oxygen atoms in total. The van der Waals surface area contributed by atoms with Crippen LogP contribution in [0.15, 0.2) is 126 Å². The molecule has 1 aliphatic rings. The molecule has 0 unspecified atom stereocenters. The highest BCUT2D eigenvalue weighted by Crippen LogP contribution is 2.47. The first-order chi connectivity index (χ1) is 42.5. The number of phenols is 2. The zero-order valence-corrected chi connectivity index (χ0v) is 51.6. The second-order valence-corrected chi connectivity index (χ2v) is 23.6. The summed E-state index contributed by atoms with van der Waals surface area (Å²) in [6.07, 6.45) is 0.726. The van der Waals surface area contributed by atoms with Gasteiger partial charge in [0.2, 0.25) is 17.7 Å². The third kappa shape index (κ3) is 19.6. The van der Waals surface area contributed by atoms with Crippen molar-refractivity contribution in [1.29, 1.82) is 0 Å². The maximum atomic E-state index is 14.0. The third-order valence-corrected chi connectivity index (χ3v) is 16.2. The average Bonchev–Trinajstić information content (AvgIpc) is 1.94. The summed E-state index contributed by atoms with van der Waals surface area (Å²) >= 11 is 3.03. The lowest BCUT2D eigenvalue weighted by Gasteiger charge is -2.35. The molecule has 0 bridgehead atoms. The average molecular weight is 1250 g/mol. The van der Waals surface area contributed by atoms with Crippen molar-refractivity contribution >= 4 is 62.6 Å². The van der Waals surface area contributed by atoms with Crippen molar-refractivity contribution in [2.24, 2.45) is 10.5 Å². The molecule has 1 fully saturated rings. The normalized spacial score (nSPS) is 14.9. The van der Waals surface area contributed by atoms with Crippen molar-refractivity contribution in [3.63, 3.8) is 0 Å². The molecule has 23 heteroatoms. The number of fused-ring (bicyclic) bond motifs is 1. The van der Waals surface area contributed by atoms with Crippen LogP contribution in [0.25, 0.3) is 31.0 Å². The van der Waals surface area contributed by atoms with E-state index in [-0.39, 0.29) is 56.2 Å². The highest BCUT2D eigenvalue weighted by Gasteiger charge is 2.45. The number of phenolic OH excluding ortho intramolecular Hbond substituents is 2. The summed E-state index contributed by atoms with van der Waals surface area (Å²) in [4.78, 5) is 61.2. The molecule has 4 amide bonds. The van der Waals surface area contributed by atoms with Crippen molar-refractivity contribution in [2.75, 3.05) is 92.4 Å². The summed E-state index contributed by atoms with van der Waals surface area (Å²) < 4.78 is 46.4. The van der Waals surface area contributed by atoms with Crippen LogP contribution in [0.4, 0.5) is 0 Å². The van der Waals surface area contributed by atoms with Gasteiger partial charge in [-0.2, -0.15) is 5.10 Å². The number of amides is 4. The molecule has 0 radical (unpaired) electrons.